The highest BCUT2D eigenvalue weighted by atomic mass is 79.9. The van der Waals surface area contributed by atoms with Crippen LogP contribution in [0.25, 0.3) is 0 Å². The minimum absolute atomic E-state index is 0.0171. The van der Waals surface area contributed by atoms with Crippen LogP contribution in [0.3, 0.4) is 0 Å². The largest absolute Gasteiger partial charge is 0.462 e. The molecule has 1 rings (SSSR count). The summed E-state index contributed by atoms with van der Waals surface area (Å²) in [7, 11) is 0. The van der Waals surface area contributed by atoms with Crippen molar-refractivity contribution in [3.63, 3.8) is 0 Å². The summed E-state index contributed by atoms with van der Waals surface area (Å²) in [5, 5.41) is 0.0171. The van der Waals surface area contributed by atoms with E-state index in [0.29, 0.717) is 16.6 Å². The maximum absolute atomic E-state index is 11.8. The fourth-order valence-corrected chi connectivity index (χ4v) is 2.08. The summed E-state index contributed by atoms with van der Waals surface area (Å²) in [6, 6.07) is 0. The lowest BCUT2D eigenvalue weighted by Crippen LogP contribution is -2.21. The quantitative estimate of drug-likeness (QED) is 0.689. The molecule has 0 aliphatic heterocycles. The van der Waals surface area contributed by atoms with Crippen molar-refractivity contribution in [3.05, 3.63) is 31.1 Å². The van der Waals surface area contributed by atoms with Crippen LogP contribution in [0.1, 0.15) is 29.9 Å². The van der Waals surface area contributed by atoms with Crippen LogP contribution in [0.15, 0.2) is 9.27 Å². The highest BCUT2D eigenvalue weighted by Crippen LogP contribution is 2.18. The Kier molecular flexibility index (Phi) is 4.56. The van der Waals surface area contributed by atoms with Crippen molar-refractivity contribution in [3.8, 4) is 0 Å². The molecule has 0 aliphatic carbocycles. The van der Waals surface area contributed by atoms with E-state index < -0.39 is 11.4 Å². The normalized spacial score (nSPS) is 10.2. The zero-order valence-electron chi connectivity index (χ0n) is 8.89. The Morgan fingerprint density at radius 1 is 1.50 bits per heavy atom. The molecule has 0 radical (unpaired) electrons. The summed E-state index contributed by atoms with van der Waals surface area (Å²) in [4.78, 5) is 26.1. The SMILES string of the molecule is CCOC(=O)c1c(Cl)[nH]c(CC)c(Br)c1=O. The molecule has 0 saturated heterocycles. The summed E-state index contributed by atoms with van der Waals surface area (Å²) in [5.41, 5.74) is 0.0506. The first kappa shape index (κ1) is 13.3. The number of nitrogens with one attached hydrogen (secondary N) is 1. The van der Waals surface area contributed by atoms with Crippen LogP contribution in [-0.4, -0.2) is 17.6 Å². The van der Waals surface area contributed by atoms with Gasteiger partial charge < -0.3 is 9.72 Å². The molecule has 0 saturated carbocycles. The third-order valence-electron chi connectivity index (χ3n) is 2.00. The molecule has 1 N–H and O–H groups in total. The highest BCUT2D eigenvalue weighted by Gasteiger charge is 2.20. The van der Waals surface area contributed by atoms with E-state index in [1.54, 1.807) is 6.92 Å². The lowest BCUT2D eigenvalue weighted by Gasteiger charge is -2.07. The second kappa shape index (κ2) is 5.50. The van der Waals surface area contributed by atoms with Gasteiger partial charge >= 0.3 is 5.97 Å². The fourth-order valence-electron chi connectivity index (χ4n) is 1.23. The molecule has 16 heavy (non-hydrogen) atoms. The molecule has 0 fully saturated rings. The van der Waals surface area contributed by atoms with E-state index in [4.69, 9.17) is 16.3 Å². The molecule has 6 heteroatoms. The van der Waals surface area contributed by atoms with E-state index in [2.05, 4.69) is 20.9 Å². The van der Waals surface area contributed by atoms with Crippen LogP contribution in [0, 0.1) is 0 Å². The van der Waals surface area contributed by atoms with Crippen LogP contribution < -0.4 is 5.43 Å². The van der Waals surface area contributed by atoms with Gasteiger partial charge in [-0.2, -0.15) is 0 Å². The highest BCUT2D eigenvalue weighted by molar-refractivity contribution is 9.10. The molecular weight excluding hydrogens is 297 g/mol. The predicted molar refractivity (Wildman–Crippen MR) is 65.1 cm³/mol. The van der Waals surface area contributed by atoms with Gasteiger partial charge in [-0.3, -0.25) is 4.79 Å². The van der Waals surface area contributed by atoms with Gasteiger partial charge in [0.25, 0.3) is 0 Å². The zero-order chi connectivity index (χ0) is 12.3. The minimum atomic E-state index is -0.711. The van der Waals surface area contributed by atoms with Crippen molar-refractivity contribution in [2.45, 2.75) is 20.3 Å². The number of esters is 1. The van der Waals surface area contributed by atoms with E-state index in [9.17, 15) is 9.59 Å². The lowest BCUT2D eigenvalue weighted by atomic mass is 10.2. The molecule has 88 valence electrons. The smallest absolute Gasteiger partial charge is 0.345 e. The van der Waals surface area contributed by atoms with Gasteiger partial charge in [-0.1, -0.05) is 18.5 Å². The van der Waals surface area contributed by atoms with Gasteiger partial charge in [0.15, 0.2) is 0 Å². The molecule has 0 amide bonds. The number of ether oxygens (including phenoxy) is 1. The molecule has 0 aromatic carbocycles. The molecule has 0 bridgehead atoms. The number of aryl methyl sites for hydroxylation is 1. The number of carbonyl (C=O) groups is 1. The molecule has 1 heterocycles. The number of H-pyrrole nitrogens is 1. The van der Waals surface area contributed by atoms with Crippen molar-refractivity contribution in [2.24, 2.45) is 0 Å². The Bertz CT molecular complexity index is 470. The van der Waals surface area contributed by atoms with Gasteiger partial charge in [0.2, 0.25) is 5.43 Å². The van der Waals surface area contributed by atoms with Gasteiger partial charge in [-0.15, -0.1) is 0 Å². The molecular formula is C10H11BrClNO3. The Morgan fingerprint density at radius 2 is 2.12 bits per heavy atom. The van der Waals surface area contributed by atoms with Gasteiger partial charge in [0.05, 0.1) is 11.1 Å². The van der Waals surface area contributed by atoms with Crippen LogP contribution in [0.5, 0.6) is 0 Å². The summed E-state index contributed by atoms with van der Waals surface area (Å²) in [6.07, 6.45) is 0.610. The Balaban J connectivity index is 3.37. The maximum atomic E-state index is 11.8. The summed E-state index contributed by atoms with van der Waals surface area (Å²) in [5.74, 6) is -0.711. The number of pyridine rings is 1. The molecule has 1 aromatic rings. The topological polar surface area (TPSA) is 59.2 Å². The van der Waals surface area contributed by atoms with Gasteiger partial charge in [0, 0.05) is 5.69 Å². The van der Waals surface area contributed by atoms with Crippen molar-refractivity contribution >= 4 is 33.5 Å². The fraction of sp³-hybridized carbons (Fsp3) is 0.400. The Labute approximate surface area is 106 Å². The molecule has 0 atom stereocenters. The first-order valence-electron chi connectivity index (χ1n) is 4.80. The zero-order valence-corrected chi connectivity index (χ0v) is 11.2. The third-order valence-corrected chi connectivity index (χ3v) is 3.13. The molecule has 4 nitrogen and oxygen atoms in total. The molecule has 0 aliphatic rings. The first-order valence-corrected chi connectivity index (χ1v) is 5.97. The van der Waals surface area contributed by atoms with Gasteiger partial charge in [0.1, 0.15) is 10.7 Å². The third kappa shape index (κ3) is 2.47. The molecule has 0 unspecified atom stereocenters. The number of halogens is 2. The van der Waals surface area contributed by atoms with E-state index in [0.717, 1.165) is 0 Å². The average molecular weight is 309 g/mol. The standard InChI is InChI=1S/C10H11BrClNO3/c1-3-5-7(11)8(14)6(9(12)13-5)10(15)16-4-2/h3-4H2,1-2H3,(H,13,14). The van der Waals surface area contributed by atoms with E-state index in [1.807, 2.05) is 6.92 Å². The number of carbonyl (C=O) groups excluding carboxylic acids is 1. The predicted octanol–water partition coefficient (Wildman–Crippen LogP) is 2.53. The summed E-state index contributed by atoms with van der Waals surface area (Å²) >= 11 is 8.97. The minimum Gasteiger partial charge on any atom is -0.462 e. The number of aromatic nitrogens is 1. The van der Waals surface area contributed by atoms with Crippen molar-refractivity contribution < 1.29 is 9.53 Å². The number of rotatable bonds is 3. The van der Waals surface area contributed by atoms with Crippen molar-refractivity contribution in [1.82, 2.24) is 4.98 Å². The number of aromatic amines is 1. The van der Waals surface area contributed by atoms with Crippen LogP contribution >= 0.6 is 27.5 Å². The van der Waals surface area contributed by atoms with Crippen molar-refractivity contribution in [2.75, 3.05) is 6.61 Å². The summed E-state index contributed by atoms with van der Waals surface area (Å²) < 4.78 is 5.08. The monoisotopic (exact) mass is 307 g/mol. The van der Waals surface area contributed by atoms with E-state index in [-0.39, 0.29) is 17.3 Å². The van der Waals surface area contributed by atoms with Crippen molar-refractivity contribution in [1.29, 1.82) is 0 Å². The van der Waals surface area contributed by atoms with Gasteiger partial charge in [-0.05, 0) is 29.3 Å². The van der Waals surface area contributed by atoms with E-state index in [1.165, 1.54) is 0 Å². The average Bonchev–Trinajstić information content (AvgIpc) is 2.24. The second-order valence-corrected chi connectivity index (χ2v) is 4.18. The first-order chi connectivity index (χ1) is 7.52. The maximum Gasteiger partial charge on any atom is 0.345 e. The summed E-state index contributed by atoms with van der Waals surface area (Å²) in [6.45, 7) is 3.73. The second-order valence-electron chi connectivity index (χ2n) is 3.01. The van der Waals surface area contributed by atoms with Crippen LogP contribution in [0.2, 0.25) is 5.15 Å². The van der Waals surface area contributed by atoms with Crippen LogP contribution in [0.4, 0.5) is 0 Å². The Hall–Kier alpha value is -0.810. The molecule has 0 spiro atoms. The number of hydrogen-bond donors (Lipinski definition) is 1. The lowest BCUT2D eigenvalue weighted by molar-refractivity contribution is 0.0524. The number of hydrogen-bond acceptors (Lipinski definition) is 3. The van der Waals surface area contributed by atoms with Gasteiger partial charge in [-0.25, -0.2) is 4.79 Å². The van der Waals surface area contributed by atoms with Crippen LogP contribution in [-0.2, 0) is 11.2 Å². The molecule has 1 aromatic heterocycles. The Morgan fingerprint density at radius 3 is 2.62 bits per heavy atom. The van der Waals surface area contributed by atoms with E-state index >= 15 is 0 Å².